The number of benzene rings is 1. The lowest BCUT2D eigenvalue weighted by Crippen LogP contribution is -2.59. The highest BCUT2D eigenvalue weighted by Gasteiger charge is 2.38. The van der Waals surface area contributed by atoms with Gasteiger partial charge in [0.05, 0.1) is 13.5 Å². The predicted octanol–water partition coefficient (Wildman–Crippen LogP) is 3.76. The number of ether oxygens (including phenoxy) is 2. The van der Waals surface area contributed by atoms with Crippen molar-refractivity contribution in [3.8, 4) is 0 Å². The molecule has 7 heteroatoms. The fraction of sp³-hybridized carbons (Fsp3) is 0.619. The van der Waals surface area contributed by atoms with Crippen LogP contribution in [0.5, 0.6) is 0 Å². The summed E-state index contributed by atoms with van der Waals surface area (Å²) in [5.41, 5.74) is 0.287. The molecule has 1 saturated heterocycles. The lowest BCUT2D eigenvalue weighted by atomic mass is 9.97. The Morgan fingerprint density at radius 2 is 1.75 bits per heavy atom. The molecule has 6 nitrogen and oxygen atoms in total. The van der Waals surface area contributed by atoms with Gasteiger partial charge in [0.2, 0.25) is 0 Å². The number of halogens is 1. The molecule has 1 aliphatic rings. The van der Waals surface area contributed by atoms with Crippen molar-refractivity contribution in [1.29, 1.82) is 0 Å². The van der Waals surface area contributed by atoms with E-state index in [4.69, 9.17) is 9.47 Å². The number of piperazine rings is 1. The number of rotatable bonds is 4. The first kappa shape index (κ1) is 22.1. The van der Waals surface area contributed by atoms with E-state index in [9.17, 15) is 14.0 Å². The molecule has 0 aromatic heterocycles. The van der Waals surface area contributed by atoms with Crippen LogP contribution in [-0.4, -0.2) is 59.7 Å². The van der Waals surface area contributed by atoms with Gasteiger partial charge in [0.25, 0.3) is 0 Å². The number of methoxy groups -OCH3 is 1. The summed E-state index contributed by atoms with van der Waals surface area (Å²) < 4.78 is 23.8. The van der Waals surface area contributed by atoms with Gasteiger partial charge in [-0.2, -0.15) is 0 Å². The summed E-state index contributed by atoms with van der Waals surface area (Å²) >= 11 is 0. The minimum Gasteiger partial charge on any atom is -0.469 e. The van der Waals surface area contributed by atoms with E-state index in [0.717, 1.165) is 5.56 Å². The molecule has 0 radical (unpaired) electrons. The maximum Gasteiger partial charge on any atom is 0.410 e. The van der Waals surface area contributed by atoms with Gasteiger partial charge in [-0.25, -0.2) is 9.18 Å². The van der Waals surface area contributed by atoms with Gasteiger partial charge < -0.3 is 14.4 Å². The smallest absolute Gasteiger partial charge is 0.410 e. The van der Waals surface area contributed by atoms with Gasteiger partial charge in [-0.15, -0.1) is 0 Å². The average Bonchev–Trinajstić information content (AvgIpc) is 2.60. The summed E-state index contributed by atoms with van der Waals surface area (Å²) in [5.74, 6) is -0.652. The van der Waals surface area contributed by atoms with E-state index in [1.165, 1.54) is 19.2 Å². The maximum atomic E-state index is 13.4. The van der Waals surface area contributed by atoms with Crippen molar-refractivity contribution in [2.24, 2.45) is 0 Å². The first-order chi connectivity index (χ1) is 13.0. The molecule has 0 spiro atoms. The predicted molar refractivity (Wildman–Crippen MR) is 104 cm³/mol. The number of hydrogen-bond acceptors (Lipinski definition) is 5. The molecule has 2 rings (SSSR count). The maximum absolute atomic E-state index is 13.4. The number of carbonyl (C=O) groups excluding carboxylic acids is 2. The SMILES string of the molecule is COC(=O)CC(c1ccc(F)cc1)N1C[C@H](C)N(C(=O)OC(C)(C)C)C[C@H]1C. The molecule has 0 aliphatic carbocycles. The summed E-state index contributed by atoms with van der Waals surface area (Å²) in [6.07, 6.45) is -0.177. The van der Waals surface area contributed by atoms with Gasteiger partial charge in [0.15, 0.2) is 0 Å². The Kier molecular flexibility index (Phi) is 7.04. The zero-order chi connectivity index (χ0) is 21.1. The molecular weight excluding hydrogens is 363 g/mol. The highest BCUT2D eigenvalue weighted by molar-refractivity contribution is 5.70. The normalized spacial score (nSPS) is 21.9. The quantitative estimate of drug-likeness (QED) is 0.728. The molecule has 3 atom stereocenters. The number of esters is 1. The Hall–Kier alpha value is -2.15. The van der Waals surface area contributed by atoms with Gasteiger partial charge in [-0.05, 0) is 52.3 Å². The van der Waals surface area contributed by atoms with Crippen molar-refractivity contribution in [3.63, 3.8) is 0 Å². The van der Waals surface area contributed by atoms with E-state index < -0.39 is 5.60 Å². The Morgan fingerprint density at radius 3 is 2.29 bits per heavy atom. The van der Waals surface area contributed by atoms with Crippen LogP contribution in [0.4, 0.5) is 9.18 Å². The van der Waals surface area contributed by atoms with E-state index in [1.807, 2.05) is 34.6 Å². The molecule has 0 bridgehead atoms. The fourth-order valence-corrected chi connectivity index (χ4v) is 3.52. The Labute approximate surface area is 166 Å². The van der Waals surface area contributed by atoms with Gasteiger partial charge in [-0.3, -0.25) is 9.69 Å². The highest BCUT2D eigenvalue weighted by Crippen LogP contribution is 2.31. The lowest BCUT2D eigenvalue weighted by molar-refractivity contribution is -0.143. The van der Waals surface area contributed by atoms with Crippen LogP contribution in [0.3, 0.4) is 0 Å². The van der Waals surface area contributed by atoms with Crippen LogP contribution in [-0.2, 0) is 14.3 Å². The number of amides is 1. The van der Waals surface area contributed by atoms with E-state index >= 15 is 0 Å². The summed E-state index contributed by atoms with van der Waals surface area (Å²) in [6.45, 7) is 10.6. The van der Waals surface area contributed by atoms with Crippen LogP contribution in [0.15, 0.2) is 24.3 Å². The molecule has 1 unspecified atom stereocenters. The Balaban J connectivity index is 2.22. The summed E-state index contributed by atoms with van der Waals surface area (Å²) in [5, 5.41) is 0. The van der Waals surface area contributed by atoms with Crippen LogP contribution in [0.1, 0.15) is 52.6 Å². The van der Waals surface area contributed by atoms with Gasteiger partial charge in [-0.1, -0.05) is 12.1 Å². The van der Waals surface area contributed by atoms with Crippen LogP contribution in [0.2, 0.25) is 0 Å². The minimum atomic E-state index is -0.557. The largest absolute Gasteiger partial charge is 0.469 e. The second-order valence-electron chi connectivity index (χ2n) is 8.38. The van der Waals surface area contributed by atoms with Crippen LogP contribution in [0, 0.1) is 5.82 Å². The van der Waals surface area contributed by atoms with Crippen molar-refractivity contribution < 1.29 is 23.5 Å². The first-order valence-electron chi connectivity index (χ1n) is 9.59. The summed E-state index contributed by atoms with van der Waals surface area (Å²) in [6, 6.07) is 5.82. The van der Waals surface area contributed by atoms with Crippen molar-refractivity contribution >= 4 is 12.1 Å². The first-order valence-corrected chi connectivity index (χ1v) is 9.59. The van der Waals surface area contributed by atoms with Crippen molar-refractivity contribution in [3.05, 3.63) is 35.6 Å². The van der Waals surface area contributed by atoms with E-state index in [-0.39, 0.29) is 42.4 Å². The van der Waals surface area contributed by atoms with E-state index in [2.05, 4.69) is 4.90 Å². The third-order valence-electron chi connectivity index (χ3n) is 4.90. The molecule has 0 saturated carbocycles. The van der Waals surface area contributed by atoms with Gasteiger partial charge in [0, 0.05) is 31.2 Å². The molecule has 1 aromatic rings. The average molecular weight is 394 g/mol. The number of hydrogen-bond donors (Lipinski definition) is 0. The van der Waals surface area contributed by atoms with Gasteiger partial charge >= 0.3 is 12.1 Å². The molecular formula is C21H31FN2O4. The standard InChI is InChI=1S/C21H31FN2O4/c1-14-13-24(20(26)28-21(3,4)5)15(2)12-23(14)18(11-19(25)27-6)16-7-9-17(22)10-8-16/h7-10,14-15,18H,11-13H2,1-6H3/t14-,15+,18?/m1/s1. The second kappa shape index (κ2) is 8.90. The zero-order valence-corrected chi connectivity index (χ0v) is 17.6. The van der Waals surface area contributed by atoms with E-state index in [0.29, 0.717) is 13.1 Å². The summed E-state index contributed by atoms with van der Waals surface area (Å²) in [4.78, 5) is 28.5. The zero-order valence-electron chi connectivity index (χ0n) is 17.6. The molecule has 1 heterocycles. The molecule has 1 aliphatic heterocycles. The molecule has 156 valence electrons. The third kappa shape index (κ3) is 5.67. The molecule has 1 fully saturated rings. The van der Waals surface area contributed by atoms with Crippen molar-refractivity contribution in [1.82, 2.24) is 9.80 Å². The molecule has 1 amide bonds. The molecule has 0 N–H and O–H groups in total. The van der Waals surface area contributed by atoms with Crippen LogP contribution in [0.25, 0.3) is 0 Å². The van der Waals surface area contributed by atoms with Crippen LogP contribution >= 0.6 is 0 Å². The minimum absolute atomic E-state index is 0.0107. The monoisotopic (exact) mass is 394 g/mol. The topological polar surface area (TPSA) is 59.1 Å². The highest BCUT2D eigenvalue weighted by atomic mass is 19.1. The summed E-state index contributed by atoms with van der Waals surface area (Å²) in [7, 11) is 1.36. The fourth-order valence-electron chi connectivity index (χ4n) is 3.52. The van der Waals surface area contributed by atoms with Crippen LogP contribution < -0.4 is 0 Å². The number of nitrogens with zero attached hydrogens (tertiary/aromatic N) is 2. The van der Waals surface area contributed by atoms with Crippen molar-refractivity contribution in [2.45, 2.75) is 64.8 Å². The molecule has 28 heavy (non-hydrogen) atoms. The number of carbonyl (C=O) groups is 2. The lowest BCUT2D eigenvalue weighted by Gasteiger charge is -2.47. The second-order valence-corrected chi connectivity index (χ2v) is 8.38. The molecule has 1 aromatic carbocycles. The van der Waals surface area contributed by atoms with E-state index in [1.54, 1.807) is 17.0 Å². The Bertz CT molecular complexity index is 687. The third-order valence-corrected chi connectivity index (χ3v) is 4.90. The van der Waals surface area contributed by atoms with Crippen molar-refractivity contribution in [2.75, 3.05) is 20.2 Å². The van der Waals surface area contributed by atoms with Gasteiger partial charge in [0.1, 0.15) is 11.4 Å². The Morgan fingerprint density at radius 1 is 1.14 bits per heavy atom.